The zero-order valence-electron chi connectivity index (χ0n) is 17.6. The van der Waals surface area contributed by atoms with Crippen LogP contribution in [0.25, 0.3) is 0 Å². The van der Waals surface area contributed by atoms with Gasteiger partial charge in [-0.15, -0.1) is 0 Å². The van der Waals surface area contributed by atoms with Gasteiger partial charge in [0.2, 0.25) is 0 Å². The highest BCUT2D eigenvalue weighted by Gasteiger charge is 2.14. The number of aryl methyl sites for hydroxylation is 2. The van der Waals surface area contributed by atoms with Gasteiger partial charge in [-0.1, -0.05) is 41.4 Å². The molecule has 2 N–H and O–H groups in total. The summed E-state index contributed by atoms with van der Waals surface area (Å²) in [5, 5.41) is 7.05. The lowest BCUT2D eigenvalue weighted by Crippen LogP contribution is -2.20. The monoisotopic (exact) mass is 458 g/mol. The highest BCUT2D eigenvalue weighted by Crippen LogP contribution is 2.36. The standard InChI is InChI=1S/C24H24Cl2N2O3/c1-15-5-4-6-18(9-15)27-13-17-10-21(26)24(22(11-17)30-3)31-14-23(29)28-19-8-7-16(2)20(25)12-19/h4-12,27H,13-14H2,1-3H3,(H,28,29). The first-order chi connectivity index (χ1) is 14.9. The van der Waals surface area contributed by atoms with Gasteiger partial charge in [-0.2, -0.15) is 0 Å². The van der Waals surface area contributed by atoms with Crippen LogP contribution in [-0.2, 0) is 11.3 Å². The number of carbonyl (C=O) groups excluding carboxylic acids is 1. The Balaban J connectivity index is 1.64. The number of hydrogen-bond donors (Lipinski definition) is 2. The zero-order valence-corrected chi connectivity index (χ0v) is 19.1. The maximum Gasteiger partial charge on any atom is 0.262 e. The Kier molecular flexibility index (Phi) is 7.66. The molecule has 3 rings (SSSR count). The first kappa shape index (κ1) is 22.8. The van der Waals surface area contributed by atoms with Gasteiger partial charge in [-0.25, -0.2) is 0 Å². The van der Waals surface area contributed by atoms with Crippen molar-refractivity contribution in [2.24, 2.45) is 0 Å². The Morgan fingerprint density at radius 2 is 1.77 bits per heavy atom. The molecule has 0 aromatic heterocycles. The molecule has 7 heteroatoms. The second-order valence-electron chi connectivity index (χ2n) is 7.13. The van der Waals surface area contributed by atoms with Crippen molar-refractivity contribution in [1.29, 1.82) is 0 Å². The fourth-order valence-corrected chi connectivity index (χ4v) is 3.45. The van der Waals surface area contributed by atoms with Crippen molar-refractivity contribution in [3.05, 3.63) is 81.3 Å². The normalized spacial score (nSPS) is 10.5. The topological polar surface area (TPSA) is 59.6 Å². The SMILES string of the molecule is COc1cc(CNc2cccc(C)c2)cc(Cl)c1OCC(=O)Nc1ccc(C)c(Cl)c1. The quantitative estimate of drug-likeness (QED) is 0.418. The van der Waals surface area contributed by atoms with E-state index in [4.69, 9.17) is 32.7 Å². The third-order valence-electron chi connectivity index (χ3n) is 4.61. The largest absolute Gasteiger partial charge is 0.493 e. The molecular weight excluding hydrogens is 435 g/mol. The summed E-state index contributed by atoms with van der Waals surface area (Å²) < 4.78 is 11.1. The number of benzene rings is 3. The average Bonchev–Trinajstić information content (AvgIpc) is 2.73. The third kappa shape index (κ3) is 6.29. The number of halogens is 2. The van der Waals surface area contributed by atoms with Gasteiger partial charge in [-0.3, -0.25) is 4.79 Å². The molecule has 0 heterocycles. The van der Waals surface area contributed by atoms with Crippen molar-refractivity contribution in [2.45, 2.75) is 20.4 Å². The Hall–Kier alpha value is -2.89. The van der Waals surface area contributed by atoms with Gasteiger partial charge in [0.1, 0.15) is 0 Å². The number of nitrogens with one attached hydrogen (secondary N) is 2. The summed E-state index contributed by atoms with van der Waals surface area (Å²) in [6.07, 6.45) is 0. The van der Waals surface area contributed by atoms with Gasteiger partial charge in [0.05, 0.1) is 12.1 Å². The van der Waals surface area contributed by atoms with Gasteiger partial charge in [0.25, 0.3) is 5.91 Å². The number of rotatable bonds is 8. The highest BCUT2D eigenvalue weighted by atomic mass is 35.5. The van der Waals surface area contributed by atoms with E-state index in [0.29, 0.717) is 33.8 Å². The molecule has 0 unspecified atom stereocenters. The van der Waals surface area contributed by atoms with Crippen LogP contribution in [0.3, 0.4) is 0 Å². The average molecular weight is 459 g/mol. The lowest BCUT2D eigenvalue weighted by Gasteiger charge is -2.15. The van der Waals surface area contributed by atoms with E-state index in [1.807, 2.05) is 44.2 Å². The number of anilines is 2. The molecule has 5 nitrogen and oxygen atoms in total. The van der Waals surface area contributed by atoms with Gasteiger partial charge in [-0.05, 0) is 66.9 Å². The second kappa shape index (κ2) is 10.4. The first-order valence-electron chi connectivity index (χ1n) is 9.71. The van der Waals surface area contributed by atoms with E-state index in [1.165, 1.54) is 12.7 Å². The molecule has 0 saturated carbocycles. The molecule has 0 aliphatic heterocycles. The lowest BCUT2D eigenvalue weighted by atomic mass is 10.1. The van der Waals surface area contributed by atoms with Crippen LogP contribution in [0.1, 0.15) is 16.7 Å². The van der Waals surface area contributed by atoms with Crippen LogP contribution in [0.5, 0.6) is 11.5 Å². The lowest BCUT2D eigenvalue weighted by molar-refractivity contribution is -0.118. The molecular formula is C24H24Cl2N2O3. The van der Waals surface area contributed by atoms with Crippen LogP contribution in [0.4, 0.5) is 11.4 Å². The minimum Gasteiger partial charge on any atom is -0.493 e. The molecule has 0 aliphatic rings. The summed E-state index contributed by atoms with van der Waals surface area (Å²) in [5.41, 5.74) is 4.65. The number of hydrogen-bond acceptors (Lipinski definition) is 4. The molecule has 1 amide bonds. The van der Waals surface area contributed by atoms with E-state index in [1.54, 1.807) is 18.2 Å². The Morgan fingerprint density at radius 3 is 2.48 bits per heavy atom. The van der Waals surface area contributed by atoms with Crippen LogP contribution in [0, 0.1) is 13.8 Å². The second-order valence-corrected chi connectivity index (χ2v) is 7.95. The number of carbonyl (C=O) groups is 1. The molecule has 0 fully saturated rings. The third-order valence-corrected chi connectivity index (χ3v) is 5.30. The maximum atomic E-state index is 12.3. The Labute approximate surface area is 192 Å². The van der Waals surface area contributed by atoms with Gasteiger partial charge < -0.3 is 20.1 Å². The van der Waals surface area contributed by atoms with Crippen molar-refractivity contribution in [2.75, 3.05) is 24.4 Å². The predicted octanol–water partition coefficient (Wildman–Crippen LogP) is 6.25. The summed E-state index contributed by atoms with van der Waals surface area (Å²) in [7, 11) is 1.53. The smallest absolute Gasteiger partial charge is 0.262 e. The van der Waals surface area contributed by atoms with Gasteiger partial charge >= 0.3 is 0 Å². The van der Waals surface area contributed by atoms with Crippen LogP contribution in [0.2, 0.25) is 10.0 Å². The van der Waals surface area contributed by atoms with E-state index in [2.05, 4.69) is 16.7 Å². The molecule has 0 aliphatic carbocycles. The van der Waals surface area contributed by atoms with Crippen molar-refractivity contribution in [1.82, 2.24) is 0 Å². The Morgan fingerprint density at radius 1 is 0.968 bits per heavy atom. The van der Waals surface area contributed by atoms with Crippen molar-refractivity contribution in [3.8, 4) is 11.5 Å². The van der Waals surface area contributed by atoms with Crippen molar-refractivity contribution >= 4 is 40.5 Å². The van der Waals surface area contributed by atoms with Crippen LogP contribution < -0.4 is 20.1 Å². The molecule has 162 valence electrons. The van der Waals surface area contributed by atoms with Crippen molar-refractivity contribution in [3.63, 3.8) is 0 Å². The minimum atomic E-state index is -0.330. The zero-order chi connectivity index (χ0) is 22.4. The van der Waals surface area contributed by atoms with Gasteiger partial charge in [0.15, 0.2) is 18.1 Å². The molecule has 3 aromatic rings. The van der Waals surface area contributed by atoms with E-state index in [9.17, 15) is 4.79 Å². The van der Waals surface area contributed by atoms with Crippen LogP contribution >= 0.6 is 23.2 Å². The summed E-state index contributed by atoms with van der Waals surface area (Å²) in [5.74, 6) is 0.448. The van der Waals surface area contributed by atoms with E-state index in [-0.39, 0.29) is 12.5 Å². The van der Waals surface area contributed by atoms with Crippen molar-refractivity contribution < 1.29 is 14.3 Å². The fraction of sp³-hybridized carbons (Fsp3) is 0.208. The first-order valence-corrected chi connectivity index (χ1v) is 10.5. The Bertz CT molecular complexity index is 1090. The van der Waals surface area contributed by atoms with Crippen LogP contribution in [-0.4, -0.2) is 19.6 Å². The number of amides is 1. The summed E-state index contributed by atoms with van der Waals surface area (Å²) in [6.45, 7) is 4.28. The van der Waals surface area contributed by atoms with E-state index >= 15 is 0 Å². The summed E-state index contributed by atoms with van der Waals surface area (Å²) in [4.78, 5) is 12.3. The highest BCUT2D eigenvalue weighted by molar-refractivity contribution is 6.32. The molecule has 0 atom stereocenters. The minimum absolute atomic E-state index is 0.220. The molecule has 0 bridgehead atoms. The number of ether oxygens (including phenoxy) is 2. The number of methoxy groups -OCH3 is 1. The molecule has 0 saturated heterocycles. The van der Waals surface area contributed by atoms with E-state index < -0.39 is 0 Å². The molecule has 0 spiro atoms. The fourth-order valence-electron chi connectivity index (χ4n) is 2.98. The van der Waals surface area contributed by atoms with Gasteiger partial charge in [0, 0.05) is 22.9 Å². The summed E-state index contributed by atoms with van der Waals surface area (Å²) >= 11 is 12.5. The van der Waals surface area contributed by atoms with E-state index in [0.717, 1.165) is 16.8 Å². The molecule has 31 heavy (non-hydrogen) atoms. The molecule has 0 radical (unpaired) electrons. The van der Waals surface area contributed by atoms with Crippen LogP contribution in [0.15, 0.2) is 54.6 Å². The predicted molar refractivity (Wildman–Crippen MR) is 127 cm³/mol. The molecule has 3 aromatic carbocycles. The maximum absolute atomic E-state index is 12.3. The summed E-state index contributed by atoms with van der Waals surface area (Å²) in [6, 6.07) is 17.0.